The highest BCUT2D eigenvalue weighted by molar-refractivity contribution is 5.30. The summed E-state index contributed by atoms with van der Waals surface area (Å²) in [6.45, 7) is 6.58. The van der Waals surface area contributed by atoms with E-state index in [-0.39, 0.29) is 5.56 Å². The standard InChI is InChI=1S/C12H20N4O2/c1-2-3-13-9-10-8-11(17)15-12(14-10)16-4-6-18-7-5-16/h8,13H,2-7,9H2,1H3,(H,14,15,17). The molecule has 6 heteroatoms. The van der Waals surface area contributed by atoms with Gasteiger partial charge in [-0.1, -0.05) is 6.92 Å². The smallest absolute Gasteiger partial charge is 0.252 e. The molecule has 18 heavy (non-hydrogen) atoms. The number of nitrogens with one attached hydrogen (secondary N) is 2. The first-order chi connectivity index (χ1) is 8.79. The van der Waals surface area contributed by atoms with Gasteiger partial charge < -0.3 is 15.0 Å². The highest BCUT2D eigenvalue weighted by Gasteiger charge is 2.13. The van der Waals surface area contributed by atoms with Gasteiger partial charge in [0.05, 0.1) is 18.9 Å². The van der Waals surface area contributed by atoms with E-state index < -0.39 is 0 Å². The molecule has 1 aromatic rings. The molecule has 0 bridgehead atoms. The first-order valence-corrected chi connectivity index (χ1v) is 6.43. The van der Waals surface area contributed by atoms with Crippen LogP contribution in [0.1, 0.15) is 19.0 Å². The molecule has 0 saturated carbocycles. The molecular weight excluding hydrogens is 232 g/mol. The zero-order valence-corrected chi connectivity index (χ0v) is 10.7. The molecule has 0 spiro atoms. The van der Waals surface area contributed by atoms with Crippen LogP contribution >= 0.6 is 0 Å². The Morgan fingerprint density at radius 3 is 3.00 bits per heavy atom. The highest BCUT2D eigenvalue weighted by Crippen LogP contribution is 2.08. The lowest BCUT2D eigenvalue weighted by atomic mass is 10.3. The summed E-state index contributed by atoms with van der Waals surface area (Å²) in [4.78, 5) is 20.9. The van der Waals surface area contributed by atoms with Crippen molar-refractivity contribution in [3.63, 3.8) is 0 Å². The van der Waals surface area contributed by atoms with Gasteiger partial charge in [0.15, 0.2) is 0 Å². The van der Waals surface area contributed by atoms with E-state index in [1.807, 2.05) is 4.90 Å². The van der Waals surface area contributed by atoms with Crippen molar-refractivity contribution in [2.24, 2.45) is 0 Å². The van der Waals surface area contributed by atoms with Crippen LogP contribution in [0.2, 0.25) is 0 Å². The van der Waals surface area contributed by atoms with E-state index in [0.717, 1.165) is 31.7 Å². The number of H-pyrrole nitrogens is 1. The third kappa shape index (κ3) is 3.54. The molecule has 2 rings (SSSR count). The van der Waals surface area contributed by atoms with Gasteiger partial charge in [0.1, 0.15) is 0 Å². The van der Waals surface area contributed by atoms with Crippen LogP contribution in [0.4, 0.5) is 5.95 Å². The second-order valence-corrected chi connectivity index (χ2v) is 4.34. The lowest BCUT2D eigenvalue weighted by Gasteiger charge is -2.27. The summed E-state index contributed by atoms with van der Waals surface area (Å²) in [5.41, 5.74) is 0.688. The SMILES string of the molecule is CCCNCc1cc(=O)[nH]c(N2CCOCC2)n1. The molecule has 1 aliphatic heterocycles. The number of rotatable bonds is 5. The molecule has 1 aliphatic rings. The van der Waals surface area contributed by atoms with Crippen LogP contribution in [0.3, 0.4) is 0 Å². The summed E-state index contributed by atoms with van der Waals surface area (Å²) in [6, 6.07) is 1.55. The van der Waals surface area contributed by atoms with Crippen LogP contribution in [0.25, 0.3) is 0 Å². The van der Waals surface area contributed by atoms with Crippen LogP contribution in [0.5, 0.6) is 0 Å². The summed E-state index contributed by atoms with van der Waals surface area (Å²) in [6.07, 6.45) is 1.07. The van der Waals surface area contributed by atoms with Crippen LogP contribution in [-0.2, 0) is 11.3 Å². The molecule has 0 atom stereocenters. The summed E-state index contributed by atoms with van der Waals surface area (Å²) in [7, 11) is 0. The van der Waals surface area contributed by atoms with E-state index in [0.29, 0.717) is 25.7 Å². The van der Waals surface area contributed by atoms with Crippen LogP contribution < -0.4 is 15.8 Å². The lowest BCUT2D eigenvalue weighted by Crippen LogP contribution is -2.38. The molecule has 1 saturated heterocycles. The Bertz CT molecular complexity index is 426. The number of morpholine rings is 1. The van der Waals surface area contributed by atoms with E-state index in [1.165, 1.54) is 0 Å². The molecule has 6 nitrogen and oxygen atoms in total. The molecule has 0 aliphatic carbocycles. The topological polar surface area (TPSA) is 70.2 Å². The number of anilines is 1. The van der Waals surface area contributed by atoms with Crippen molar-refractivity contribution >= 4 is 5.95 Å². The van der Waals surface area contributed by atoms with Gasteiger partial charge >= 0.3 is 0 Å². The number of ether oxygens (including phenoxy) is 1. The minimum Gasteiger partial charge on any atom is -0.378 e. The predicted octanol–water partition coefficient (Wildman–Crippen LogP) is 0.106. The predicted molar refractivity (Wildman–Crippen MR) is 69.9 cm³/mol. The average Bonchev–Trinajstić information content (AvgIpc) is 2.39. The molecule has 0 unspecified atom stereocenters. The van der Waals surface area contributed by atoms with Gasteiger partial charge in [0, 0.05) is 25.7 Å². The van der Waals surface area contributed by atoms with Crippen molar-refractivity contribution in [2.45, 2.75) is 19.9 Å². The van der Waals surface area contributed by atoms with E-state index in [4.69, 9.17) is 4.74 Å². The normalized spacial score (nSPS) is 15.9. The third-order valence-electron chi connectivity index (χ3n) is 2.83. The number of hydrogen-bond donors (Lipinski definition) is 2. The van der Waals surface area contributed by atoms with Crippen molar-refractivity contribution in [1.82, 2.24) is 15.3 Å². The number of hydrogen-bond acceptors (Lipinski definition) is 5. The van der Waals surface area contributed by atoms with E-state index in [9.17, 15) is 4.79 Å². The van der Waals surface area contributed by atoms with Crippen LogP contribution in [0.15, 0.2) is 10.9 Å². The van der Waals surface area contributed by atoms with E-state index >= 15 is 0 Å². The van der Waals surface area contributed by atoms with Gasteiger partial charge in [-0.15, -0.1) is 0 Å². The Kier molecular flexibility index (Phi) is 4.72. The van der Waals surface area contributed by atoms with Crippen molar-refractivity contribution in [3.05, 3.63) is 22.1 Å². The van der Waals surface area contributed by atoms with Crippen LogP contribution in [-0.4, -0.2) is 42.8 Å². The zero-order valence-electron chi connectivity index (χ0n) is 10.7. The number of aromatic nitrogens is 2. The Morgan fingerprint density at radius 1 is 1.50 bits per heavy atom. The Labute approximate surface area is 106 Å². The first-order valence-electron chi connectivity index (χ1n) is 6.43. The van der Waals surface area contributed by atoms with Gasteiger partial charge in [0.2, 0.25) is 5.95 Å². The fourth-order valence-electron chi connectivity index (χ4n) is 1.90. The van der Waals surface area contributed by atoms with Crippen molar-refractivity contribution in [3.8, 4) is 0 Å². The third-order valence-corrected chi connectivity index (χ3v) is 2.83. The maximum absolute atomic E-state index is 11.6. The van der Waals surface area contributed by atoms with Gasteiger partial charge in [-0.3, -0.25) is 9.78 Å². The summed E-state index contributed by atoms with van der Waals surface area (Å²) in [5, 5.41) is 3.25. The lowest BCUT2D eigenvalue weighted by molar-refractivity contribution is 0.122. The summed E-state index contributed by atoms with van der Waals surface area (Å²) >= 11 is 0. The van der Waals surface area contributed by atoms with Gasteiger partial charge in [-0.2, -0.15) is 0 Å². The van der Waals surface area contributed by atoms with Gasteiger partial charge in [-0.05, 0) is 13.0 Å². The van der Waals surface area contributed by atoms with Crippen molar-refractivity contribution in [1.29, 1.82) is 0 Å². The highest BCUT2D eigenvalue weighted by atomic mass is 16.5. The minimum absolute atomic E-state index is 0.0974. The van der Waals surface area contributed by atoms with Crippen molar-refractivity contribution < 1.29 is 4.74 Å². The Hall–Kier alpha value is -1.40. The Balaban J connectivity index is 2.07. The largest absolute Gasteiger partial charge is 0.378 e. The molecule has 1 aromatic heterocycles. The van der Waals surface area contributed by atoms with E-state index in [2.05, 4.69) is 22.2 Å². The summed E-state index contributed by atoms with van der Waals surface area (Å²) < 4.78 is 5.29. The maximum atomic E-state index is 11.6. The molecule has 100 valence electrons. The second-order valence-electron chi connectivity index (χ2n) is 4.34. The number of aromatic amines is 1. The Morgan fingerprint density at radius 2 is 2.28 bits per heavy atom. The minimum atomic E-state index is -0.0974. The zero-order chi connectivity index (χ0) is 12.8. The molecule has 0 radical (unpaired) electrons. The average molecular weight is 252 g/mol. The monoisotopic (exact) mass is 252 g/mol. The van der Waals surface area contributed by atoms with Gasteiger partial charge in [-0.25, -0.2) is 4.98 Å². The van der Waals surface area contributed by atoms with Gasteiger partial charge in [0.25, 0.3) is 5.56 Å². The second kappa shape index (κ2) is 6.51. The quantitative estimate of drug-likeness (QED) is 0.728. The number of nitrogens with zero attached hydrogens (tertiary/aromatic N) is 2. The molecular formula is C12H20N4O2. The first kappa shape index (κ1) is 13.0. The van der Waals surface area contributed by atoms with Crippen molar-refractivity contribution in [2.75, 3.05) is 37.7 Å². The molecule has 0 aromatic carbocycles. The fraction of sp³-hybridized carbons (Fsp3) is 0.667. The molecule has 2 N–H and O–H groups in total. The molecule has 0 amide bonds. The molecule has 1 fully saturated rings. The fourth-order valence-corrected chi connectivity index (χ4v) is 1.90. The summed E-state index contributed by atoms with van der Waals surface area (Å²) in [5.74, 6) is 0.652. The maximum Gasteiger partial charge on any atom is 0.252 e. The van der Waals surface area contributed by atoms with Crippen LogP contribution in [0, 0.1) is 0 Å². The molecule has 2 heterocycles. The van der Waals surface area contributed by atoms with E-state index in [1.54, 1.807) is 6.07 Å².